The second-order valence-electron chi connectivity index (χ2n) is 4.30. The number of nitriles is 1. The highest BCUT2D eigenvalue weighted by atomic mass is 127. The van der Waals surface area contributed by atoms with Crippen LogP contribution >= 0.6 is 34.2 Å². The average molecular weight is 349 g/mol. The van der Waals surface area contributed by atoms with Gasteiger partial charge in [-0.25, -0.2) is 0 Å². The van der Waals surface area contributed by atoms with Crippen LogP contribution in [0.4, 0.5) is 5.69 Å². The lowest BCUT2D eigenvalue weighted by molar-refractivity contribution is 0.466. The van der Waals surface area contributed by atoms with Gasteiger partial charge in [-0.15, -0.1) is 0 Å². The van der Waals surface area contributed by atoms with E-state index in [0.29, 0.717) is 0 Å². The van der Waals surface area contributed by atoms with Gasteiger partial charge in [0.1, 0.15) is 0 Å². The third kappa shape index (κ3) is 4.18. The predicted octanol–water partition coefficient (Wildman–Crippen LogP) is 4.30. The maximum Gasteiger partial charge on any atom is 0.0684 e. The Kier molecular flexibility index (Phi) is 4.88. The van der Waals surface area contributed by atoms with Gasteiger partial charge in [0.15, 0.2) is 0 Å². The Morgan fingerprint density at radius 1 is 1.50 bits per heavy atom. The molecule has 0 saturated carbocycles. The lowest BCUT2D eigenvalue weighted by atomic mass is 9.91. The Morgan fingerprint density at radius 2 is 2.19 bits per heavy atom. The van der Waals surface area contributed by atoms with Gasteiger partial charge in [0.05, 0.1) is 11.5 Å². The van der Waals surface area contributed by atoms with Crippen molar-refractivity contribution in [2.75, 3.05) is 11.9 Å². The highest BCUT2D eigenvalue weighted by molar-refractivity contribution is 14.1. The van der Waals surface area contributed by atoms with Gasteiger partial charge < -0.3 is 5.32 Å². The van der Waals surface area contributed by atoms with Crippen LogP contribution in [0.15, 0.2) is 18.2 Å². The van der Waals surface area contributed by atoms with E-state index in [1.165, 1.54) is 0 Å². The summed E-state index contributed by atoms with van der Waals surface area (Å²) in [6, 6.07) is 8.03. The second kappa shape index (κ2) is 5.74. The van der Waals surface area contributed by atoms with Crippen molar-refractivity contribution in [1.82, 2.24) is 0 Å². The summed E-state index contributed by atoms with van der Waals surface area (Å²) in [5.74, 6) is 0. The van der Waals surface area contributed by atoms with Crippen molar-refractivity contribution >= 4 is 39.9 Å². The first-order valence-electron chi connectivity index (χ1n) is 5.05. The van der Waals surface area contributed by atoms with Crippen LogP contribution in [0.3, 0.4) is 0 Å². The second-order valence-corrected chi connectivity index (χ2v) is 5.90. The molecule has 1 rings (SSSR count). The molecule has 0 spiro atoms. The van der Waals surface area contributed by atoms with Crippen molar-refractivity contribution in [1.29, 1.82) is 5.26 Å². The van der Waals surface area contributed by atoms with Gasteiger partial charge in [-0.05, 0) is 61.1 Å². The largest absolute Gasteiger partial charge is 0.384 e. The predicted molar refractivity (Wildman–Crippen MR) is 76.7 cm³/mol. The Labute approximate surface area is 115 Å². The van der Waals surface area contributed by atoms with Crippen LogP contribution < -0.4 is 5.32 Å². The Balaban J connectivity index is 2.53. The zero-order valence-electron chi connectivity index (χ0n) is 9.35. The molecule has 2 nitrogen and oxygen atoms in total. The van der Waals surface area contributed by atoms with E-state index in [9.17, 15) is 0 Å². The summed E-state index contributed by atoms with van der Waals surface area (Å²) in [5, 5.41) is 12.9. The number of anilines is 1. The van der Waals surface area contributed by atoms with E-state index < -0.39 is 0 Å². The van der Waals surface area contributed by atoms with E-state index in [4.69, 9.17) is 16.9 Å². The van der Waals surface area contributed by atoms with Crippen LogP contribution in [0.25, 0.3) is 0 Å². The van der Waals surface area contributed by atoms with E-state index in [2.05, 4.69) is 34.0 Å². The van der Waals surface area contributed by atoms with Crippen LogP contribution in [-0.4, -0.2) is 6.54 Å². The normalized spacial score (nSPS) is 10.9. The molecule has 0 atom stereocenters. The van der Waals surface area contributed by atoms with E-state index in [0.717, 1.165) is 27.2 Å². The molecule has 0 unspecified atom stereocenters. The molecule has 0 bridgehead atoms. The third-order valence-corrected chi connectivity index (χ3v) is 3.43. The molecular weight excluding hydrogens is 335 g/mol. The first kappa shape index (κ1) is 13.6. The average Bonchev–Trinajstić information content (AvgIpc) is 2.21. The van der Waals surface area contributed by atoms with Crippen molar-refractivity contribution in [3.05, 3.63) is 26.8 Å². The molecule has 1 N–H and O–H groups in total. The van der Waals surface area contributed by atoms with Gasteiger partial charge in [0.2, 0.25) is 0 Å². The molecule has 4 heteroatoms. The van der Waals surface area contributed by atoms with Gasteiger partial charge in [-0.3, -0.25) is 0 Å². The van der Waals surface area contributed by atoms with Crippen LogP contribution in [0.2, 0.25) is 5.02 Å². The van der Waals surface area contributed by atoms with E-state index >= 15 is 0 Å². The van der Waals surface area contributed by atoms with Crippen LogP contribution in [-0.2, 0) is 0 Å². The van der Waals surface area contributed by atoms with Gasteiger partial charge in [-0.2, -0.15) is 5.26 Å². The lowest BCUT2D eigenvalue weighted by Crippen LogP contribution is -2.14. The molecule has 86 valence electrons. The smallest absolute Gasteiger partial charge is 0.0684 e. The van der Waals surface area contributed by atoms with Gasteiger partial charge in [0.25, 0.3) is 0 Å². The molecule has 0 aliphatic heterocycles. The fourth-order valence-electron chi connectivity index (χ4n) is 1.20. The minimum atomic E-state index is -0.273. The summed E-state index contributed by atoms with van der Waals surface area (Å²) in [6.45, 7) is 4.68. The molecule has 0 fully saturated rings. The molecule has 0 radical (unpaired) electrons. The maximum atomic E-state index is 8.89. The zero-order valence-corrected chi connectivity index (χ0v) is 12.3. The molecule has 0 aliphatic rings. The summed E-state index contributed by atoms with van der Waals surface area (Å²) in [4.78, 5) is 0. The van der Waals surface area contributed by atoms with Crippen molar-refractivity contribution in [2.45, 2.75) is 20.3 Å². The highest BCUT2D eigenvalue weighted by Gasteiger charge is 2.15. The monoisotopic (exact) mass is 348 g/mol. The molecule has 1 aromatic rings. The summed E-state index contributed by atoms with van der Waals surface area (Å²) >= 11 is 8.11. The molecular formula is C12H14ClIN2. The number of benzene rings is 1. The third-order valence-electron chi connectivity index (χ3n) is 2.30. The molecule has 1 aromatic carbocycles. The molecule has 0 aromatic heterocycles. The standard InChI is InChI=1S/C12H14ClIN2/c1-12(2,8-15)5-6-16-11-4-3-9(13)7-10(11)14/h3-4,7,16H,5-6H2,1-2H3. The van der Waals surface area contributed by atoms with Gasteiger partial charge >= 0.3 is 0 Å². The van der Waals surface area contributed by atoms with Crippen LogP contribution in [0.1, 0.15) is 20.3 Å². The number of hydrogen-bond acceptors (Lipinski definition) is 2. The van der Waals surface area contributed by atoms with E-state index in [-0.39, 0.29) is 5.41 Å². The summed E-state index contributed by atoms with van der Waals surface area (Å²) < 4.78 is 1.10. The van der Waals surface area contributed by atoms with Gasteiger partial charge in [-0.1, -0.05) is 11.6 Å². The summed E-state index contributed by atoms with van der Waals surface area (Å²) in [5.41, 5.74) is 0.795. The Bertz CT molecular complexity index is 410. The molecule has 0 saturated heterocycles. The fourth-order valence-corrected chi connectivity index (χ4v) is 2.26. The number of nitrogens with zero attached hydrogens (tertiary/aromatic N) is 1. The van der Waals surface area contributed by atoms with Gasteiger partial charge in [0, 0.05) is 20.8 Å². The van der Waals surface area contributed by atoms with E-state index in [1.807, 2.05) is 32.0 Å². The number of halogens is 2. The summed E-state index contributed by atoms with van der Waals surface area (Å²) in [6.07, 6.45) is 0.822. The Morgan fingerprint density at radius 3 is 2.75 bits per heavy atom. The quantitative estimate of drug-likeness (QED) is 0.824. The first-order chi connectivity index (χ1) is 7.44. The molecule has 0 amide bonds. The minimum Gasteiger partial charge on any atom is -0.384 e. The molecule has 0 aliphatic carbocycles. The highest BCUT2D eigenvalue weighted by Crippen LogP contribution is 2.23. The summed E-state index contributed by atoms with van der Waals surface area (Å²) in [7, 11) is 0. The zero-order chi connectivity index (χ0) is 12.2. The number of nitrogens with one attached hydrogen (secondary N) is 1. The van der Waals surface area contributed by atoms with Crippen molar-refractivity contribution < 1.29 is 0 Å². The topological polar surface area (TPSA) is 35.8 Å². The van der Waals surface area contributed by atoms with Crippen LogP contribution in [0, 0.1) is 20.3 Å². The van der Waals surface area contributed by atoms with Crippen molar-refractivity contribution in [3.63, 3.8) is 0 Å². The number of hydrogen-bond donors (Lipinski definition) is 1. The minimum absolute atomic E-state index is 0.273. The molecule has 0 heterocycles. The SMILES string of the molecule is CC(C)(C#N)CCNc1ccc(Cl)cc1I. The lowest BCUT2D eigenvalue weighted by Gasteiger charge is -2.16. The van der Waals surface area contributed by atoms with Crippen LogP contribution in [0.5, 0.6) is 0 Å². The fraction of sp³-hybridized carbons (Fsp3) is 0.417. The number of rotatable bonds is 4. The maximum absolute atomic E-state index is 8.89. The van der Waals surface area contributed by atoms with E-state index in [1.54, 1.807) is 0 Å². The Hall–Kier alpha value is -0.470. The van der Waals surface area contributed by atoms with Crippen molar-refractivity contribution in [2.24, 2.45) is 5.41 Å². The first-order valence-corrected chi connectivity index (χ1v) is 6.50. The van der Waals surface area contributed by atoms with Crippen molar-refractivity contribution in [3.8, 4) is 6.07 Å². The molecule has 16 heavy (non-hydrogen) atoms.